The van der Waals surface area contributed by atoms with Gasteiger partial charge in [-0.3, -0.25) is 9.36 Å². The molecule has 0 N–H and O–H groups in total. The fourth-order valence-electron chi connectivity index (χ4n) is 2.99. The predicted molar refractivity (Wildman–Crippen MR) is 101 cm³/mol. The topological polar surface area (TPSA) is 60.7 Å². The van der Waals surface area contributed by atoms with Crippen LogP contribution in [0.4, 0.5) is 0 Å². The molecule has 3 heterocycles. The van der Waals surface area contributed by atoms with Crippen molar-refractivity contribution in [3.05, 3.63) is 64.1 Å². The Labute approximate surface area is 149 Å². The molecule has 3 aromatic heterocycles. The molecule has 25 heavy (non-hydrogen) atoms. The zero-order valence-electron chi connectivity index (χ0n) is 14.4. The summed E-state index contributed by atoms with van der Waals surface area (Å²) in [6.07, 6.45) is 2.30. The number of aryl methyl sites for hydroxylation is 1. The Kier molecular flexibility index (Phi) is 3.84. The summed E-state index contributed by atoms with van der Waals surface area (Å²) in [5.41, 5.74) is 2.75. The minimum atomic E-state index is -0.00740. The van der Waals surface area contributed by atoms with E-state index in [9.17, 15) is 4.79 Å². The highest BCUT2D eigenvalue weighted by molar-refractivity contribution is 7.25. The average Bonchev–Trinajstić information content (AvgIpc) is 2.95. The minimum absolute atomic E-state index is 0.00740. The highest BCUT2D eigenvalue weighted by Crippen LogP contribution is 2.31. The number of hydrogen-bond donors (Lipinski definition) is 0. The predicted octanol–water partition coefficient (Wildman–Crippen LogP) is 3.88. The van der Waals surface area contributed by atoms with Gasteiger partial charge in [0.1, 0.15) is 15.4 Å². The first-order chi connectivity index (χ1) is 12.0. The normalized spacial score (nSPS) is 11.7. The molecule has 0 amide bonds. The molecule has 0 unspecified atom stereocenters. The summed E-state index contributed by atoms with van der Waals surface area (Å²) in [6, 6.07) is 10.2. The third kappa shape index (κ3) is 2.72. The molecule has 0 saturated carbocycles. The molecule has 1 aromatic carbocycles. The smallest absolute Gasteiger partial charge is 0.271 e. The molecule has 6 heteroatoms. The van der Waals surface area contributed by atoms with E-state index in [1.54, 1.807) is 10.9 Å². The van der Waals surface area contributed by atoms with Gasteiger partial charge in [0.2, 0.25) is 0 Å². The summed E-state index contributed by atoms with van der Waals surface area (Å²) in [7, 11) is 0. The molecular weight excluding hydrogens is 332 g/mol. The van der Waals surface area contributed by atoms with Gasteiger partial charge in [-0.25, -0.2) is 15.0 Å². The van der Waals surface area contributed by atoms with Crippen molar-refractivity contribution in [3.63, 3.8) is 0 Å². The Morgan fingerprint density at radius 3 is 2.64 bits per heavy atom. The van der Waals surface area contributed by atoms with Gasteiger partial charge in [0.15, 0.2) is 0 Å². The molecule has 0 aliphatic carbocycles. The molecule has 126 valence electrons. The maximum Gasteiger partial charge on any atom is 0.271 e. The minimum Gasteiger partial charge on any atom is -0.295 e. The molecule has 0 aliphatic heterocycles. The van der Waals surface area contributed by atoms with Crippen molar-refractivity contribution >= 4 is 31.8 Å². The Hall–Kier alpha value is -2.60. The van der Waals surface area contributed by atoms with Gasteiger partial charge in [-0.1, -0.05) is 30.3 Å². The van der Waals surface area contributed by atoms with Crippen molar-refractivity contribution in [1.29, 1.82) is 0 Å². The summed E-state index contributed by atoms with van der Waals surface area (Å²) in [6.45, 7) is 5.91. The van der Waals surface area contributed by atoms with Crippen LogP contribution in [0, 0.1) is 6.92 Å². The molecule has 0 fully saturated rings. The van der Waals surface area contributed by atoms with E-state index in [1.807, 2.05) is 39.0 Å². The highest BCUT2D eigenvalue weighted by Gasteiger charge is 2.17. The second-order valence-corrected chi connectivity index (χ2v) is 7.40. The lowest BCUT2D eigenvalue weighted by Crippen LogP contribution is -2.21. The van der Waals surface area contributed by atoms with Gasteiger partial charge in [0, 0.05) is 12.5 Å². The third-order valence-corrected chi connectivity index (χ3v) is 5.32. The van der Waals surface area contributed by atoms with Crippen LogP contribution in [0.5, 0.6) is 0 Å². The van der Waals surface area contributed by atoms with E-state index >= 15 is 0 Å². The molecule has 0 saturated heterocycles. The van der Waals surface area contributed by atoms with E-state index in [0.29, 0.717) is 16.6 Å². The number of nitrogens with zero attached hydrogens (tertiary/aromatic N) is 4. The zero-order valence-corrected chi connectivity index (χ0v) is 15.2. The van der Waals surface area contributed by atoms with E-state index in [2.05, 4.69) is 22.1 Å². The lowest BCUT2D eigenvalue weighted by atomic mass is 10.1. The fourth-order valence-corrected chi connectivity index (χ4v) is 4.13. The summed E-state index contributed by atoms with van der Waals surface area (Å²) >= 11 is 1.41. The van der Waals surface area contributed by atoms with Crippen LogP contribution in [-0.2, 0) is 6.42 Å². The summed E-state index contributed by atoms with van der Waals surface area (Å²) in [5.74, 6) is 0.770. The lowest BCUT2D eigenvalue weighted by Gasteiger charge is -2.08. The van der Waals surface area contributed by atoms with Crippen LogP contribution in [-0.4, -0.2) is 19.5 Å². The van der Waals surface area contributed by atoms with Crippen LogP contribution in [0.1, 0.15) is 37.0 Å². The molecule has 4 aromatic rings. The van der Waals surface area contributed by atoms with Gasteiger partial charge in [-0.15, -0.1) is 11.3 Å². The zero-order chi connectivity index (χ0) is 17.6. The number of rotatable bonds is 3. The van der Waals surface area contributed by atoms with E-state index in [0.717, 1.165) is 21.7 Å². The maximum atomic E-state index is 12.7. The quantitative estimate of drug-likeness (QED) is 0.562. The van der Waals surface area contributed by atoms with E-state index in [4.69, 9.17) is 4.98 Å². The van der Waals surface area contributed by atoms with Crippen LogP contribution < -0.4 is 5.56 Å². The van der Waals surface area contributed by atoms with Crippen molar-refractivity contribution in [3.8, 4) is 0 Å². The maximum absolute atomic E-state index is 12.7. The SMILES string of the molecule is Cc1nc(Cc2ccccc2)nc2sc3c(=O)n(C(C)C)cnc3c12. The summed E-state index contributed by atoms with van der Waals surface area (Å²) in [4.78, 5) is 27.4. The largest absolute Gasteiger partial charge is 0.295 e. The van der Waals surface area contributed by atoms with E-state index in [1.165, 1.54) is 16.9 Å². The van der Waals surface area contributed by atoms with Gasteiger partial charge in [-0.05, 0) is 26.3 Å². The third-order valence-electron chi connectivity index (χ3n) is 4.26. The summed E-state index contributed by atoms with van der Waals surface area (Å²) < 4.78 is 2.31. The number of benzene rings is 1. The van der Waals surface area contributed by atoms with Crippen molar-refractivity contribution in [2.75, 3.05) is 0 Å². The number of thiophene rings is 1. The number of fused-ring (bicyclic) bond motifs is 3. The van der Waals surface area contributed by atoms with E-state index in [-0.39, 0.29) is 11.6 Å². The van der Waals surface area contributed by atoms with Crippen LogP contribution >= 0.6 is 11.3 Å². The first-order valence-electron chi connectivity index (χ1n) is 8.25. The molecule has 4 rings (SSSR count). The summed E-state index contributed by atoms with van der Waals surface area (Å²) in [5, 5.41) is 0.893. The standard InChI is InChI=1S/C19H18N4OS/c1-11(2)23-10-20-16-15-12(3)21-14(9-13-7-5-4-6-8-13)22-18(15)25-17(16)19(23)24/h4-8,10-11H,9H2,1-3H3. The molecular formula is C19H18N4OS. The van der Waals surface area contributed by atoms with Crippen LogP contribution in [0.2, 0.25) is 0 Å². The number of aromatic nitrogens is 4. The second-order valence-electron chi connectivity index (χ2n) is 6.40. The Morgan fingerprint density at radius 1 is 1.16 bits per heavy atom. The van der Waals surface area contributed by atoms with Crippen LogP contribution in [0.3, 0.4) is 0 Å². The van der Waals surface area contributed by atoms with Gasteiger partial charge in [0.25, 0.3) is 5.56 Å². The molecule has 0 radical (unpaired) electrons. The average molecular weight is 350 g/mol. The van der Waals surface area contributed by atoms with Gasteiger partial charge < -0.3 is 0 Å². The van der Waals surface area contributed by atoms with Crippen LogP contribution in [0.15, 0.2) is 41.5 Å². The van der Waals surface area contributed by atoms with Gasteiger partial charge in [0.05, 0.1) is 22.9 Å². The monoisotopic (exact) mass is 350 g/mol. The first kappa shape index (κ1) is 15.9. The number of hydrogen-bond acceptors (Lipinski definition) is 5. The molecule has 5 nitrogen and oxygen atoms in total. The highest BCUT2D eigenvalue weighted by atomic mass is 32.1. The molecule has 0 aliphatic rings. The van der Waals surface area contributed by atoms with Crippen molar-refractivity contribution < 1.29 is 0 Å². The van der Waals surface area contributed by atoms with Gasteiger partial charge >= 0.3 is 0 Å². The Morgan fingerprint density at radius 2 is 1.92 bits per heavy atom. The Balaban J connectivity index is 1.90. The van der Waals surface area contributed by atoms with Crippen molar-refractivity contribution in [2.24, 2.45) is 0 Å². The van der Waals surface area contributed by atoms with Crippen molar-refractivity contribution in [2.45, 2.75) is 33.2 Å². The van der Waals surface area contributed by atoms with Crippen LogP contribution in [0.25, 0.3) is 20.4 Å². The fraction of sp³-hybridized carbons (Fsp3) is 0.263. The van der Waals surface area contributed by atoms with E-state index < -0.39 is 0 Å². The molecule has 0 spiro atoms. The second kappa shape index (κ2) is 6.04. The first-order valence-corrected chi connectivity index (χ1v) is 9.07. The van der Waals surface area contributed by atoms with Gasteiger partial charge in [-0.2, -0.15) is 0 Å². The molecule has 0 atom stereocenters. The Bertz CT molecular complexity index is 1130. The lowest BCUT2D eigenvalue weighted by molar-refractivity contribution is 0.574. The van der Waals surface area contributed by atoms with Crippen molar-refractivity contribution in [1.82, 2.24) is 19.5 Å². The molecule has 0 bridgehead atoms.